The van der Waals surface area contributed by atoms with Gasteiger partial charge in [-0.2, -0.15) is 0 Å². The van der Waals surface area contributed by atoms with Gasteiger partial charge in [-0.05, 0) is 25.5 Å². The van der Waals surface area contributed by atoms with Crippen LogP contribution in [0.2, 0.25) is 5.02 Å². The van der Waals surface area contributed by atoms with Crippen LogP contribution in [-0.4, -0.2) is 13.7 Å². The Morgan fingerprint density at radius 2 is 2.14 bits per heavy atom. The summed E-state index contributed by atoms with van der Waals surface area (Å²) in [5.41, 5.74) is 7.29. The Morgan fingerprint density at radius 3 is 2.57 bits per heavy atom. The van der Waals surface area contributed by atoms with E-state index in [1.807, 2.05) is 32.0 Å². The van der Waals surface area contributed by atoms with Crippen molar-refractivity contribution in [3.05, 3.63) is 34.3 Å². The summed E-state index contributed by atoms with van der Waals surface area (Å²) in [6, 6.07) is 5.79. The topological polar surface area (TPSA) is 35.2 Å². The maximum atomic E-state index is 6.14. The van der Waals surface area contributed by atoms with Gasteiger partial charge in [0.25, 0.3) is 0 Å². The van der Waals surface area contributed by atoms with E-state index in [1.165, 1.54) is 0 Å². The summed E-state index contributed by atoms with van der Waals surface area (Å²) >= 11 is 6.14. The summed E-state index contributed by atoms with van der Waals surface area (Å²) in [5, 5.41) is 0.708. The third-order valence-electron chi connectivity index (χ3n) is 2.59. The van der Waals surface area contributed by atoms with E-state index in [4.69, 9.17) is 22.1 Å². The van der Waals surface area contributed by atoms with Crippen LogP contribution in [-0.2, 0) is 10.3 Å². The molecule has 0 aliphatic carbocycles. The molecule has 0 saturated heterocycles. The zero-order valence-corrected chi connectivity index (χ0v) is 9.56. The number of halogens is 1. The molecule has 0 aromatic heterocycles. The van der Waals surface area contributed by atoms with Gasteiger partial charge in [0, 0.05) is 24.2 Å². The number of rotatable bonds is 3. The predicted octanol–water partition coefficient (Wildman–Crippen LogP) is 2.47. The van der Waals surface area contributed by atoms with Gasteiger partial charge in [0.1, 0.15) is 5.60 Å². The van der Waals surface area contributed by atoms with Gasteiger partial charge >= 0.3 is 0 Å². The van der Waals surface area contributed by atoms with Crippen molar-refractivity contribution < 1.29 is 4.74 Å². The summed E-state index contributed by atoms with van der Waals surface area (Å²) < 4.78 is 5.43. The van der Waals surface area contributed by atoms with Gasteiger partial charge in [-0.1, -0.05) is 23.7 Å². The van der Waals surface area contributed by atoms with Crippen LogP contribution < -0.4 is 5.73 Å². The minimum absolute atomic E-state index is 0.411. The Balaban J connectivity index is 3.29. The van der Waals surface area contributed by atoms with Crippen LogP contribution in [0.25, 0.3) is 0 Å². The molecule has 0 heterocycles. The highest BCUT2D eigenvalue weighted by atomic mass is 35.5. The normalized spacial score (nSPS) is 15.2. The molecular formula is C11H16ClNO. The fourth-order valence-corrected chi connectivity index (χ4v) is 2.01. The lowest BCUT2D eigenvalue weighted by atomic mass is 9.92. The van der Waals surface area contributed by atoms with E-state index in [1.54, 1.807) is 7.11 Å². The second-order valence-corrected chi connectivity index (χ2v) is 3.98. The first kappa shape index (κ1) is 11.5. The summed E-state index contributed by atoms with van der Waals surface area (Å²) in [6.07, 6.45) is 0. The molecule has 0 saturated carbocycles. The molecule has 1 aromatic rings. The van der Waals surface area contributed by atoms with E-state index >= 15 is 0 Å². The lowest BCUT2D eigenvalue weighted by molar-refractivity contribution is 0.00966. The van der Waals surface area contributed by atoms with E-state index in [-0.39, 0.29) is 0 Å². The van der Waals surface area contributed by atoms with Crippen molar-refractivity contribution in [2.75, 3.05) is 13.7 Å². The van der Waals surface area contributed by atoms with Crippen LogP contribution in [0, 0.1) is 6.92 Å². The average molecular weight is 214 g/mol. The Kier molecular flexibility index (Phi) is 3.53. The SMILES string of the molecule is COC(C)(CN)c1c(C)cccc1Cl. The van der Waals surface area contributed by atoms with Crippen LogP contribution in [0.15, 0.2) is 18.2 Å². The molecule has 14 heavy (non-hydrogen) atoms. The Hall–Kier alpha value is -0.570. The molecule has 1 atom stereocenters. The molecule has 0 amide bonds. The number of nitrogens with two attached hydrogens (primary N) is 1. The Bertz CT molecular complexity index is 301. The molecule has 0 radical (unpaired) electrons. The standard InChI is InChI=1S/C11H16ClNO/c1-8-5-4-6-9(12)10(8)11(2,7-13)14-3/h4-6H,7,13H2,1-3H3. The van der Waals surface area contributed by atoms with Crippen LogP contribution in [0.5, 0.6) is 0 Å². The van der Waals surface area contributed by atoms with Crippen molar-refractivity contribution >= 4 is 11.6 Å². The Morgan fingerprint density at radius 1 is 1.50 bits per heavy atom. The highest BCUT2D eigenvalue weighted by molar-refractivity contribution is 6.31. The molecule has 0 fully saturated rings. The Labute approximate surface area is 90.0 Å². The minimum Gasteiger partial charge on any atom is -0.372 e. The molecule has 2 N–H and O–H groups in total. The van der Waals surface area contributed by atoms with Gasteiger partial charge < -0.3 is 10.5 Å². The summed E-state index contributed by atoms with van der Waals surface area (Å²) in [4.78, 5) is 0. The van der Waals surface area contributed by atoms with E-state index in [2.05, 4.69) is 0 Å². The lowest BCUT2D eigenvalue weighted by Crippen LogP contribution is -2.34. The second kappa shape index (κ2) is 4.30. The maximum absolute atomic E-state index is 6.14. The highest BCUT2D eigenvalue weighted by Crippen LogP contribution is 2.32. The molecule has 3 heteroatoms. The number of hydrogen-bond donors (Lipinski definition) is 1. The van der Waals surface area contributed by atoms with Crippen molar-refractivity contribution in [3.63, 3.8) is 0 Å². The van der Waals surface area contributed by atoms with Gasteiger partial charge in [0.05, 0.1) is 0 Å². The molecule has 0 aliphatic rings. The molecule has 0 bridgehead atoms. The van der Waals surface area contributed by atoms with Gasteiger partial charge in [-0.3, -0.25) is 0 Å². The van der Waals surface area contributed by atoms with Crippen LogP contribution in [0.1, 0.15) is 18.1 Å². The van der Waals surface area contributed by atoms with Crippen molar-refractivity contribution in [3.8, 4) is 0 Å². The minimum atomic E-state index is -0.498. The van der Waals surface area contributed by atoms with Crippen LogP contribution >= 0.6 is 11.6 Å². The van der Waals surface area contributed by atoms with E-state index in [0.717, 1.165) is 11.1 Å². The summed E-state index contributed by atoms with van der Waals surface area (Å²) in [7, 11) is 1.65. The third kappa shape index (κ3) is 1.92. The molecule has 0 spiro atoms. The van der Waals surface area contributed by atoms with Crippen molar-refractivity contribution in [1.82, 2.24) is 0 Å². The smallest absolute Gasteiger partial charge is 0.104 e. The monoisotopic (exact) mass is 213 g/mol. The van der Waals surface area contributed by atoms with Crippen LogP contribution in [0.3, 0.4) is 0 Å². The molecule has 1 unspecified atom stereocenters. The number of benzene rings is 1. The van der Waals surface area contributed by atoms with E-state index in [9.17, 15) is 0 Å². The zero-order valence-electron chi connectivity index (χ0n) is 8.80. The third-order valence-corrected chi connectivity index (χ3v) is 2.91. The molecule has 0 aliphatic heterocycles. The summed E-state index contributed by atoms with van der Waals surface area (Å²) in [6.45, 7) is 4.36. The van der Waals surface area contributed by atoms with Crippen LogP contribution in [0.4, 0.5) is 0 Å². The second-order valence-electron chi connectivity index (χ2n) is 3.57. The van der Waals surface area contributed by atoms with Crippen molar-refractivity contribution in [2.24, 2.45) is 5.73 Å². The van der Waals surface area contributed by atoms with E-state index < -0.39 is 5.60 Å². The predicted molar refractivity (Wildman–Crippen MR) is 59.6 cm³/mol. The number of hydrogen-bond acceptors (Lipinski definition) is 2. The molecule has 1 rings (SSSR count). The quantitative estimate of drug-likeness (QED) is 0.837. The van der Waals surface area contributed by atoms with Gasteiger partial charge in [0.15, 0.2) is 0 Å². The average Bonchev–Trinajstić information content (AvgIpc) is 2.17. The fraction of sp³-hybridized carbons (Fsp3) is 0.455. The summed E-state index contributed by atoms with van der Waals surface area (Å²) in [5.74, 6) is 0. The van der Waals surface area contributed by atoms with Gasteiger partial charge in [-0.15, -0.1) is 0 Å². The van der Waals surface area contributed by atoms with Crippen molar-refractivity contribution in [1.29, 1.82) is 0 Å². The maximum Gasteiger partial charge on any atom is 0.104 e. The number of ether oxygens (including phenoxy) is 1. The molecular weight excluding hydrogens is 198 g/mol. The first-order valence-corrected chi connectivity index (χ1v) is 4.94. The highest BCUT2D eigenvalue weighted by Gasteiger charge is 2.28. The first-order valence-electron chi connectivity index (χ1n) is 4.56. The van der Waals surface area contributed by atoms with Gasteiger partial charge in [-0.25, -0.2) is 0 Å². The zero-order chi connectivity index (χ0) is 10.8. The molecule has 1 aromatic carbocycles. The van der Waals surface area contributed by atoms with E-state index in [0.29, 0.717) is 11.6 Å². The molecule has 2 nitrogen and oxygen atoms in total. The van der Waals surface area contributed by atoms with Crippen molar-refractivity contribution in [2.45, 2.75) is 19.4 Å². The first-order chi connectivity index (χ1) is 6.55. The fourth-order valence-electron chi connectivity index (χ4n) is 1.59. The molecule has 78 valence electrons. The largest absolute Gasteiger partial charge is 0.372 e. The number of aryl methyl sites for hydroxylation is 1. The lowest BCUT2D eigenvalue weighted by Gasteiger charge is -2.29. The van der Waals surface area contributed by atoms with Gasteiger partial charge in [0.2, 0.25) is 0 Å². The number of methoxy groups -OCH3 is 1.